The van der Waals surface area contributed by atoms with Crippen LogP contribution in [0, 0.1) is 0 Å². The fraction of sp³-hybridized carbons (Fsp3) is 0.559. The zero-order valence-electron chi connectivity index (χ0n) is 47.6. The summed E-state index contributed by atoms with van der Waals surface area (Å²) in [6, 6.07) is 15.6. The van der Waals surface area contributed by atoms with Crippen molar-refractivity contribution in [2.45, 2.75) is 124 Å². The smallest absolute Gasteiger partial charge is 0.317 e. The van der Waals surface area contributed by atoms with E-state index in [0.29, 0.717) is 155 Å². The standard InChI is InChI=1S/C52H72N14O6.C6H10O4.CH4/c1-3-5-17-41-59-45-47(37-13-7-9-15-39(37)57-49(45)53)65(41)31-35-71-33-21-55-51(69)63-27-23-61(24-28-63)43(67)19-11-12-20-44(68)62-25-29-64(30-26-62)52(70)56-22-34-72-36-32-66-42(18-6-4-2)60-46-48(66)38-14-8-10-16-40(38)58-50(46)54;7-5(8)3-1-2-4-6(9)10;/h7-10,13-16H,3-6,11-12,17-36H2,1-2H3,(H2,53,57)(H2,54,58)(H,55,69)(H,56,70);1-4H2,(H,7,8)(H,9,10);1H4. The van der Waals surface area contributed by atoms with Crippen molar-refractivity contribution in [3.63, 3.8) is 0 Å². The van der Waals surface area contributed by atoms with Crippen LogP contribution in [0.4, 0.5) is 21.2 Å². The maximum Gasteiger partial charge on any atom is 0.317 e. The van der Waals surface area contributed by atoms with Crippen molar-refractivity contribution in [3.8, 4) is 0 Å². The number of imidazole rings is 2. The lowest BCUT2D eigenvalue weighted by Crippen LogP contribution is -2.53. The van der Waals surface area contributed by atoms with E-state index in [-0.39, 0.29) is 44.1 Å². The third-order valence-corrected chi connectivity index (χ3v) is 14.8. The van der Waals surface area contributed by atoms with Gasteiger partial charge in [-0.1, -0.05) is 70.5 Å². The summed E-state index contributed by atoms with van der Waals surface area (Å²) in [5.74, 6) is 1.12. The van der Waals surface area contributed by atoms with E-state index in [1.165, 1.54) is 0 Å². The first-order valence-electron chi connectivity index (χ1n) is 29.0. The van der Waals surface area contributed by atoms with E-state index >= 15 is 0 Å². The molecular weight excluding hydrogens is 1060 g/mol. The summed E-state index contributed by atoms with van der Waals surface area (Å²) in [6.07, 6.45) is 8.74. The lowest BCUT2D eigenvalue weighted by Gasteiger charge is -2.35. The first-order valence-corrected chi connectivity index (χ1v) is 29.0. The molecule has 0 unspecified atom stereocenters. The third-order valence-electron chi connectivity index (χ3n) is 14.8. The van der Waals surface area contributed by atoms with Crippen LogP contribution in [-0.2, 0) is 54.6 Å². The number of unbranched alkanes of at least 4 members (excludes halogenated alkanes) is 4. The number of carboxylic acid groups (broad SMARTS) is 2. The number of hydrogen-bond acceptors (Lipinski definition) is 14. The molecule has 452 valence electrons. The first kappa shape index (κ1) is 64.3. The van der Waals surface area contributed by atoms with Crippen molar-refractivity contribution >= 4 is 91.3 Å². The number of aryl methyl sites for hydroxylation is 2. The number of aromatic nitrogens is 6. The van der Waals surface area contributed by atoms with Gasteiger partial charge in [0.05, 0.1) is 48.5 Å². The van der Waals surface area contributed by atoms with E-state index in [0.717, 1.165) is 94.0 Å². The van der Waals surface area contributed by atoms with Gasteiger partial charge in [-0.2, -0.15) is 0 Å². The second-order valence-corrected chi connectivity index (χ2v) is 20.6. The number of hydrogen-bond donors (Lipinski definition) is 6. The highest BCUT2D eigenvalue weighted by atomic mass is 16.5. The van der Waals surface area contributed by atoms with Gasteiger partial charge in [0, 0.05) is 128 Å². The highest BCUT2D eigenvalue weighted by molar-refractivity contribution is 6.07. The van der Waals surface area contributed by atoms with Gasteiger partial charge in [-0.25, -0.2) is 29.5 Å². The molecule has 2 aliphatic heterocycles. The fourth-order valence-electron chi connectivity index (χ4n) is 10.3. The van der Waals surface area contributed by atoms with Gasteiger partial charge in [-0.05, 0) is 50.7 Å². The number of nitrogen functional groups attached to an aromatic ring is 2. The molecule has 24 heteroatoms. The number of carbonyl (C=O) groups excluding carboxylic acids is 4. The summed E-state index contributed by atoms with van der Waals surface area (Å²) in [7, 11) is 0. The van der Waals surface area contributed by atoms with Crippen molar-refractivity contribution in [2.75, 3.05) is 103 Å². The van der Waals surface area contributed by atoms with Crippen LogP contribution in [0.3, 0.4) is 0 Å². The summed E-state index contributed by atoms with van der Waals surface area (Å²) in [6.45, 7) is 11.6. The minimum atomic E-state index is -0.870. The quantitative estimate of drug-likeness (QED) is 0.0279. The SMILES string of the molecule is C.CCCCc1nc2c(N)nc3ccccc3c2n1CCOCCNC(=O)N1CCN(C(=O)CCCCC(=O)N2CCN(C(=O)NCCOCCn3c(CCCC)nc4c(N)nc5ccccc5c43)CC2)CC1.O=C(O)CCCCC(=O)O. The Hall–Kier alpha value is -7.86. The van der Waals surface area contributed by atoms with Crippen LogP contribution in [0.1, 0.15) is 110 Å². The second kappa shape index (κ2) is 32.7. The number of anilines is 2. The van der Waals surface area contributed by atoms with Crippen LogP contribution in [-0.4, -0.2) is 187 Å². The fourth-order valence-corrected chi connectivity index (χ4v) is 10.3. The van der Waals surface area contributed by atoms with Gasteiger partial charge in [0.1, 0.15) is 22.7 Å². The minimum absolute atomic E-state index is 0. The normalized spacial score (nSPS) is 13.5. The molecule has 2 fully saturated rings. The van der Waals surface area contributed by atoms with Crippen molar-refractivity contribution in [1.82, 2.24) is 59.3 Å². The molecule has 0 radical (unpaired) electrons. The number of carboxylic acids is 2. The largest absolute Gasteiger partial charge is 0.481 e. The van der Waals surface area contributed by atoms with Crippen molar-refractivity contribution < 1.29 is 48.5 Å². The summed E-state index contributed by atoms with van der Waals surface area (Å²) in [4.78, 5) is 97.7. The molecule has 24 nitrogen and oxygen atoms in total. The molecular formula is C59H86N14O10. The molecule has 0 saturated carbocycles. The van der Waals surface area contributed by atoms with Gasteiger partial charge >= 0.3 is 24.0 Å². The van der Waals surface area contributed by atoms with Crippen LogP contribution in [0.2, 0.25) is 0 Å². The Morgan fingerprint density at radius 3 is 1.24 bits per heavy atom. The number of carbonyl (C=O) groups is 6. The molecule has 6 aromatic rings. The molecule has 0 bridgehead atoms. The summed E-state index contributed by atoms with van der Waals surface area (Å²) < 4.78 is 16.3. The lowest BCUT2D eigenvalue weighted by atomic mass is 10.1. The Balaban J connectivity index is 0.000000918. The zero-order valence-corrected chi connectivity index (χ0v) is 47.6. The molecule has 8 rings (SSSR count). The number of nitrogens with two attached hydrogens (primary N) is 2. The van der Waals surface area contributed by atoms with Gasteiger partial charge in [-0.3, -0.25) is 19.2 Å². The molecule has 0 atom stereocenters. The molecule has 6 heterocycles. The molecule has 2 aliphatic rings. The number of urea groups is 2. The van der Waals surface area contributed by atoms with Gasteiger partial charge < -0.3 is 70.5 Å². The molecule has 4 aromatic heterocycles. The van der Waals surface area contributed by atoms with Crippen molar-refractivity contribution in [3.05, 3.63) is 60.2 Å². The molecule has 83 heavy (non-hydrogen) atoms. The van der Waals surface area contributed by atoms with E-state index in [2.05, 4.69) is 43.6 Å². The molecule has 0 aliphatic carbocycles. The number of para-hydroxylation sites is 2. The lowest BCUT2D eigenvalue weighted by molar-refractivity contribution is -0.139. The first-order chi connectivity index (χ1) is 39.8. The number of pyridine rings is 2. The van der Waals surface area contributed by atoms with Crippen LogP contribution < -0.4 is 22.1 Å². The monoisotopic (exact) mass is 1150 g/mol. The van der Waals surface area contributed by atoms with E-state index in [4.69, 9.17) is 41.1 Å². The average molecular weight is 1150 g/mol. The van der Waals surface area contributed by atoms with Gasteiger partial charge in [0.2, 0.25) is 11.8 Å². The van der Waals surface area contributed by atoms with Crippen LogP contribution in [0.25, 0.3) is 43.9 Å². The van der Waals surface area contributed by atoms with Crippen molar-refractivity contribution in [2.24, 2.45) is 0 Å². The Labute approximate surface area is 485 Å². The predicted octanol–water partition coefficient (Wildman–Crippen LogP) is 6.69. The Bertz CT molecular complexity index is 2910. The Morgan fingerprint density at radius 1 is 0.506 bits per heavy atom. The Kier molecular flexibility index (Phi) is 25.3. The highest BCUT2D eigenvalue weighted by Gasteiger charge is 2.26. The number of aliphatic carboxylic acids is 2. The van der Waals surface area contributed by atoms with Gasteiger partial charge in [-0.15, -0.1) is 0 Å². The number of nitrogens with zero attached hydrogens (tertiary/aromatic N) is 10. The number of amides is 6. The second-order valence-electron chi connectivity index (χ2n) is 20.6. The molecule has 2 saturated heterocycles. The maximum atomic E-state index is 13.0. The number of nitrogens with one attached hydrogen (secondary N) is 2. The number of fused-ring (bicyclic) bond motifs is 6. The topological polar surface area (TPSA) is 312 Å². The van der Waals surface area contributed by atoms with E-state index in [9.17, 15) is 28.8 Å². The molecule has 0 spiro atoms. The summed E-state index contributed by atoms with van der Waals surface area (Å²) in [5.41, 5.74) is 17.7. The summed E-state index contributed by atoms with van der Waals surface area (Å²) >= 11 is 0. The highest BCUT2D eigenvalue weighted by Crippen LogP contribution is 2.31. The predicted molar refractivity (Wildman–Crippen MR) is 320 cm³/mol. The summed E-state index contributed by atoms with van der Waals surface area (Å²) in [5, 5.41) is 24.2. The Morgan fingerprint density at radius 2 is 0.867 bits per heavy atom. The van der Waals surface area contributed by atoms with Crippen LogP contribution >= 0.6 is 0 Å². The van der Waals surface area contributed by atoms with Gasteiger partial charge in [0.15, 0.2) is 11.6 Å². The molecule has 6 amide bonds. The minimum Gasteiger partial charge on any atom is -0.481 e. The number of rotatable bonds is 28. The van der Waals surface area contributed by atoms with Crippen molar-refractivity contribution in [1.29, 1.82) is 0 Å². The third kappa shape index (κ3) is 18.1. The number of benzene rings is 2. The number of piperazine rings is 2. The number of ether oxygens (including phenoxy) is 2. The van der Waals surface area contributed by atoms with E-state index in [1.807, 2.05) is 48.5 Å². The van der Waals surface area contributed by atoms with Crippen LogP contribution in [0.5, 0.6) is 0 Å². The zero-order chi connectivity index (χ0) is 58.4. The maximum absolute atomic E-state index is 13.0. The van der Waals surface area contributed by atoms with E-state index in [1.54, 1.807) is 19.6 Å². The average Bonchev–Trinajstić information content (AvgIpc) is 4.16. The van der Waals surface area contributed by atoms with Crippen LogP contribution in [0.15, 0.2) is 48.5 Å². The van der Waals surface area contributed by atoms with Gasteiger partial charge in [0.25, 0.3) is 0 Å². The van der Waals surface area contributed by atoms with E-state index < -0.39 is 11.9 Å². The molecule has 2 aromatic carbocycles. The molecule has 8 N–H and O–H groups in total.